The van der Waals surface area contributed by atoms with E-state index in [1.807, 2.05) is 0 Å². The van der Waals surface area contributed by atoms with Gasteiger partial charge in [0.25, 0.3) is 0 Å². The van der Waals surface area contributed by atoms with Crippen molar-refractivity contribution in [3.63, 3.8) is 0 Å². The van der Waals surface area contributed by atoms with Crippen molar-refractivity contribution in [1.82, 2.24) is 0 Å². The van der Waals surface area contributed by atoms with E-state index in [9.17, 15) is 14.4 Å². The lowest BCUT2D eigenvalue weighted by Crippen LogP contribution is -2.30. The van der Waals surface area contributed by atoms with Crippen LogP contribution < -0.4 is 0 Å². The van der Waals surface area contributed by atoms with Crippen LogP contribution >= 0.6 is 0 Å². The molecular weight excluding hydrogens is 973 g/mol. The van der Waals surface area contributed by atoms with Crippen molar-refractivity contribution in [3.8, 4) is 0 Å². The Morgan fingerprint density at radius 2 is 0.494 bits per heavy atom. The highest BCUT2D eigenvalue weighted by Crippen LogP contribution is 2.17. The van der Waals surface area contributed by atoms with Crippen LogP contribution in [-0.2, 0) is 28.6 Å². The predicted octanol–water partition coefficient (Wildman–Crippen LogP) is 23.2. The maximum Gasteiger partial charge on any atom is 0.306 e. The fourth-order valence-corrected chi connectivity index (χ4v) is 9.60. The molecule has 0 aliphatic carbocycles. The Kier molecular flexibility index (Phi) is 63.7. The third-order valence-electron chi connectivity index (χ3n) is 14.6. The molecule has 1 unspecified atom stereocenters. The lowest BCUT2D eigenvalue weighted by atomic mass is 10.0. The summed E-state index contributed by atoms with van der Waals surface area (Å²) >= 11 is 0. The fourth-order valence-electron chi connectivity index (χ4n) is 9.60. The van der Waals surface area contributed by atoms with Crippen LogP contribution in [0.3, 0.4) is 0 Å². The number of unbranched alkanes of at least 4 members (excludes halogenated alkanes) is 34. The van der Waals surface area contributed by atoms with Crippen LogP contribution in [0.4, 0.5) is 0 Å². The van der Waals surface area contributed by atoms with Gasteiger partial charge in [0.05, 0.1) is 0 Å². The summed E-state index contributed by atoms with van der Waals surface area (Å²) in [5.74, 6) is -0.879. The molecule has 0 N–H and O–H groups in total. The first-order chi connectivity index (χ1) is 39.0. The first-order valence-electron chi connectivity index (χ1n) is 33.7. The molecule has 0 aromatic rings. The SMILES string of the molecule is CC/C=C\C/C=C\C/C=C\C/C=C\CCCCCCCCCCCCCCCCCCCCC(=O)OCC(COC(=O)CCCCCCCCCCCCC)OC(=O)CCCCCCCC/C=C\C/C=C\C/C=C\C/C=C\CC. The average molecular weight is 1100 g/mol. The van der Waals surface area contributed by atoms with Crippen molar-refractivity contribution < 1.29 is 28.6 Å². The molecule has 0 aromatic heterocycles. The van der Waals surface area contributed by atoms with Gasteiger partial charge in [0.15, 0.2) is 6.10 Å². The van der Waals surface area contributed by atoms with Gasteiger partial charge in [-0.05, 0) is 96.3 Å². The summed E-state index contributed by atoms with van der Waals surface area (Å²) in [5, 5.41) is 0. The van der Waals surface area contributed by atoms with Crippen LogP contribution in [0.2, 0.25) is 0 Å². The van der Waals surface area contributed by atoms with E-state index in [2.05, 4.69) is 118 Å². The molecule has 0 spiro atoms. The predicted molar refractivity (Wildman–Crippen MR) is 344 cm³/mol. The monoisotopic (exact) mass is 1100 g/mol. The third kappa shape index (κ3) is 65.0. The van der Waals surface area contributed by atoms with Crippen molar-refractivity contribution >= 4 is 17.9 Å². The zero-order valence-corrected chi connectivity index (χ0v) is 52.1. The zero-order valence-electron chi connectivity index (χ0n) is 52.1. The number of allylic oxidation sites excluding steroid dienone is 16. The summed E-state index contributed by atoms with van der Waals surface area (Å²) in [6.07, 6.45) is 90.1. The molecule has 6 nitrogen and oxygen atoms in total. The Hall–Kier alpha value is -3.67. The number of hydrogen-bond donors (Lipinski definition) is 0. The van der Waals surface area contributed by atoms with Crippen LogP contribution in [0.5, 0.6) is 0 Å². The van der Waals surface area contributed by atoms with Crippen molar-refractivity contribution in [2.45, 2.75) is 335 Å². The minimum Gasteiger partial charge on any atom is -0.462 e. The van der Waals surface area contributed by atoms with Crippen molar-refractivity contribution in [2.24, 2.45) is 0 Å². The van der Waals surface area contributed by atoms with Gasteiger partial charge in [0.2, 0.25) is 0 Å². The van der Waals surface area contributed by atoms with E-state index in [0.29, 0.717) is 19.3 Å². The number of hydrogen-bond acceptors (Lipinski definition) is 6. The number of ether oxygens (including phenoxy) is 3. The second kappa shape index (κ2) is 66.8. The van der Waals surface area contributed by atoms with Gasteiger partial charge in [-0.2, -0.15) is 0 Å². The quantitative estimate of drug-likeness (QED) is 0.0261. The molecule has 0 saturated heterocycles. The largest absolute Gasteiger partial charge is 0.462 e. The van der Waals surface area contributed by atoms with Crippen molar-refractivity contribution in [3.05, 3.63) is 97.2 Å². The molecule has 0 aliphatic heterocycles. The van der Waals surface area contributed by atoms with E-state index >= 15 is 0 Å². The summed E-state index contributed by atoms with van der Waals surface area (Å²) in [4.78, 5) is 38.3. The molecule has 0 aliphatic rings. The van der Waals surface area contributed by atoms with Crippen LogP contribution in [0.25, 0.3) is 0 Å². The average Bonchev–Trinajstić information content (AvgIpc) is 3.45. The summed E-state index contributed by atoms with van der Waals surface area (Å²) in [7, 11) is 0. The lowest BCUT2D eigenvalue weighted by molar-refractivity contribution is -0.167. The van der Waals surface area contributed by atoms with Gasteiger partial charge in [-0.1, -0.05) is 311 Å². The molecule has 79 heavy (non-hydrogen) atoms. The molecule has 0 radical (unpaired) electrons. The van der Waals surface area contributed by atoms with E-state index in [4.69, 9.17) is 14.2 Å². The molecule has 1 atom stereocenters. The molecule has 6 heteroatoms. The summed E-state index contributed by atoms with van der Waals surface area (Å²) in [5.41, 5.74) is 0. The topological polar surface area (TPSA) is 78.9 Å². The number of rotatable bonds is 61. The highest BCUT2D eigenvalue weighted by Gasteiger charge is 2.19. The molecule has 0 saturated carbocycles. The number of carbonyl (C=O) groups excluding carboxylic acids is 3. The Morgan fingerprint density at radius 3 is 0.772 bits per heavy atom. The molecule has 0 aromatic carbocycles. The smallest absolute Gasteiger partial charge is 0.306 e. The second-order valence-corrected chi connectivity index (χ2v) is 22.3. The lowest BCUT2D eigenvalue weighted by Gasteiger charge is -2.18. The minimum absolute atomic E-state index is 0.0789. The van der Waals surface area contributed by atoms with Gasteiger partial charge in [0, 0.05) is 19.3 Å². The first kappa shape index (κ1) is 75.3. The number of carbonyl (C=O) groups is 3. The van der Waals surface area contributed by atoms with Gasteiger partial charge in [-0.15, -0.1) is 0 Å². The standard InChI is InChI=1S/C73H126O6/c1-4-7-10-13-16-19-22-24-26-28-30-31-32-33-34-35-36-37-38-39-40-41-43-44-46-48-51-54-57-60-63-66-72(75)78-69-70(68-77-71(74)65-62-59-56-53-50-21-18-15-12-9-6-3)79-73(76)67-64-61-58-55-52-49-47-45-42-29-27-25-23-20-17-14-11-8-5-2/h7-8,10-11,16-17,19-20,24-27,30-31,42,45,70H,4-6,9,12-15,18,21-23,28-29,32-41,43-44,46-69H2,1-3H3/b10-7-,11-8-,19-16-,20-17-,26-24-,27-25-,31-30-,45-42-. The highest BCUT2D eigenvalue weighted by atomic mass is 16.6. The third-order valence-corrected chi connectivity index (χ3v) is 14.6. The molecule has 0 fully saturated rings. The molecule has 0 heterocycles. The van der Waals surface area contributed by atoms with E-state index in [1.54, 1.807) is 0 Å². The molecule has 454 valence electrons. The van der Waals surface area contributed by atoms with E-state index in [1.165, 1.54) is 167 Å². The van der Waals surface area contributed by atoms with E-state index in [-0.39, 0.29) is 31.1 Å². The number of esters is 3. The van der Waals surface area contributed by atoms with Crippen LogP contribution in [-0.4, -0.2) is 37.2 Å². The normalized spacial score (nSPS) is 12.7. The maximum absolute atomic E-state index is 12.9. The fraction of sp³-hybridized carbons (Fsp3) is 0.740. The Labute approximate surface area is 489 Å². The van der Waals surface area contributed by atoms with Crippen molar-refractivity contribution in [2.75, 3.05) is 13.2 Å². The minimum atomic E-state index is -0.783. The van der Waals surface area contributed by atoms with Gasteiger partial charge < -0.3 is 14.2 Å². The van der Waals surface area contributed by atoms with E-state index < -0.39 is 6.10 Å². The first-order valence-corrected chi connectivity index (χ1v) is 33.7. The molecule has 0 rings (SSSR count). The second-order valence-electron chi connectivity index (χ2n) is 22.3. The molecule has 0 bridgehead atoms. The van der Waals surface area contributed by atoms with Crippen LogP contribution in [0.1, 0.15) is 329 Å². The molecule has 0 amide bonds. The van der Waals surface area contributed by atoms with Gasteiger partial charge >= 0.3 is 17.9 Å². The summed E-state index contributed by atoms with van der Waals surface area (Å²) in [6, 6.07) is 0. The van der Waals surface area contributed by atoms with Crippen molar-refractivity contribution in [1.29, 1.82) is 0 Å². The Bertz CT molecular complexity index is 1540. The van der Waals surface area contributed by atoms with Crippen LogP contribution in [0, 0.1) is 0 Å². The Balaban J connectivity index is 4.18. The maximum atomic E-state index is 12.9. The summed E-state index contributed by atoms with van der Waals surface area (Å²) < 4.78 is 16.9. The van der Waals surface area contributed by atoms with E-state index in [0.717, 1.165) is 122 Å². The highest BCUT2D eigenvalue weighted by molar-refractivity contribution is 5.71. The summed E-state index contributed by atoms with van der Waals surface area (Å²) in [6.45, 7) is 6.43. The van der Waals surface area contributed by atoms with Crippen LogP contribution in [0.15, 0.2) is 97.2 Å². The van der Waals surface area contributed by atoms with Gasteiger partial charge in [-0.3, -0.25) is 14.4 Å². The van der Waals surface area contributed by atoms with Gasteiger partial charge in [0.1, 0.15) is 13.2 Å². The zero-order chi connectivity index (χ0) is 57.1. The van der Waals surface area contributed by atoms with Gasteiger partial charge in [-0.25, -0.2) is 0 Å². The molecular formula is C73H126O6. The Morgan fingerprint density at radius 1 is 0.266 bits per heavy atom.